The third-order valence-corrected chi connectivity index (χ3v) is 7.45. The summed E-state index contributed by atoms with van der Waals surface area (Å²) in [5, 5.41) is 9.80. The van der Waals surface area contributed by atoms with Crippen molar-refractivity contribution in [2.75, 3.05) is 7.11 Å². The number of thiazole rings is 1. The van der Waals surface area contributed by atoms with Crippen molar-refractivity contribution in [2.45, 2.75) is 32.9 Å². The van der Waals surface area contributed by atoms with Crippen molar-refractivity contribution in [1.29, 1.82) is 0 Å². The molecular weight excluding hydrogens is 600 g/mol. The van der Waals surface area contributed by atoms with Crippen LogP contribution < -0.4 is 19.6 Å². The topological polar surface area (TPSA) is 90.1 Å². The Hall–Kier alpha value is -2.69. The summed E-state index contributed by atoms with van der Waals surface area (Å²) in [6.45, 7) is 5.28. The largest absolute Gasteiger partial charge is 0.507 e. The molecule has 2 heterocycles. The number of ether oxygens (including phenoxy) is 2. The van der Waals surface area contributed by atoms with Crippen LogP contribution in [0.4, 0.5) is 0 Å². The van der Waals surface area contributed by atoms with Gasteiger partial charge in [0.15, 0.2) is 4.80 Å². The summed E-state index contributed by atoms with van der Waals surface area (Å²) in [5.41, 5.74) is 1.81. The van der Waals surface area contributed by atoms with Gasteiger partial charge in [-0.1, -0.05) is 33.3 Å². The standard InChI is InChI=1S/C25H22Br2N2O5S/c1-12(2)34-24(32)21-13(3)28-25-29(22(21)16-11-15(26)6-8-19(16)33-4)23(31)20(35-25)10-14-5-7-18(30)17(27)9-14/h5-12,22,30H,1-4H3/b20-10-/t22-/m1/s1. The minimum absolute atomic E-state index is 0.106. The molecule has 1 N–H and O–H groups in total. The van der Waals surface area contributed by atoms with Crippen LogP contribution in [-0.4, -0.2) is 28.9 Å². The number of benzene rings is 2. The van der Waals surface area contributed by atoms with Gasteiger partial charge in [-0.2, -0.15) is 0 Å². The van der Waals surface area contributed by atoms with E-state index in [1.165, 1.54) is 15.9 Å². The molecule has 35 heavy (non-hydrogen) atoms. The molecule has 1 aliphatic heterocycles. The lowest BCUT2D eigenvalue weighted by Crippen LogP contribution is -2.40. The Morgan fingerprint density at radius 3 is 2.63 bits per heavy atom. The zero-order chi connectivity index (χ0) is 25.4. The highest BCUT2D eigenvalue weighted by molar-refractivity contribution is 9.10. The van der Waals surface area contributed by atoms with Gasteiger partial charge in [0, 0.05) is 10.0 Å². The molecule has 0 radical (unpaired) electrons. The number of allylic oxidation sites excluding steroid dienone is 1. The number of hydrogen-bond donors (Lipinski definition) is 1. The monoisotopic (exact) mass is 620 g/mol. The molecular formula is C25H22Br2N2O5S. The predicted octanol–water partition coefficient (Wildman–Crippen LogP) is 4.43. The predicted molar refractivity (Wildman–Crippen MR) is 141 cm³/mol. The van der Waals surface area contributed by atoms with Gasteiger partial charge < -0.3 is 14.6 Å². The van der Waals surface area contributed by atoms with Crippen molar-refractivity contribution in [3.8, 4) is 11.5 Å². The number of carbonyl (C=O) groups is 1. The summed E-state index contributed by atoms with van der Waals surface area (Å²) in [7, 11) is 1.54. The van der Waals surface area contributed by atoms with E-state index in [1.54, 1.807) is 58.2 Å². The second-order valence-corrected chi connectivity index (χ2v) is 10.9. The zero-order valence-corrected chi connectivity index (χ0v) is 23.3. The van der Waals surface area contributed by atoms with Gasteiger partial charge in [0.25, 0.3) is 5.56 Å². The number of esters is 1. The van der Waals surface area contributed by atoms with E-state index in [0.29, 0.717) is 30.8 Å². The Labute approximate surface area is 222 Å². The Morgan fingerprint density at radius 2 is 1.97 bits per heavy atom. The van der Waals surface area contributed by atoms with E-state index in [4.69, 9.17) is 9.47 Å². The number of phenolic OH excluding ortho intramolecular Hbond substituents is 1. The van der Waals surface area contributed by atoms with Gasteiger partial charge >= 0.3 is 5.97 Å². The average molecular weight is 622 g/mol. The van der Waals surface area contributed by atoms with E-state index in [9.17, 15) is 14.7 Å². The van der Waals surface area contributed by atoms with Crippen LogP contribution in [0.2, 0.25) is 0 Å². The van der Waals surface area contributed by atoms with Crippen LogP contribution in [-0.2, 0) is 9.53 Å². The number of aromatic nitrogens is 1. The first-order valence-electron chi connectivity index (χ1n) is 10.7. The molecule has 3 aromatic rings. The van der Waals surface area contributed by atoms with Gasteiger partial charge in [0.1, 0.15) is 17.5 Å². The second kappa shape index (κ2) is 10.1. The Kier molecular flexibility index (Phi) is 7.35. The van der Waals surface area contributed by atoms with Gasteiger partial charge in [-0.05, 0) is 78.7 Å². The third kappa shape index (κ3) is 5.00. The van der Waals surface area contributed by atoms with Gasteiger partial charge in [-0.3, -0.25) is 9.36 Å². The van der Waals surface area contributed by atoms with Crippen molar-refractivity contribution in [3.05, 3.63) is 87.4 Å². The van der Waals surface area contributed by atoms with Crippen LogP contribution in [0, 0.1) is 0 Å². The maximum Gasteiger partial charge on any atom is 0.338 e. The number of nitrogens with zero attached hydrogens (tertiary/aromatic N) is 2. The Balaban J connectivity index is 2.00. The summed E-state index contributed by atoms with van der Waals surface area (Å²) in [5.74, 6) is 0.0964. The molecule has 0 aliphatic carbocycles. The lowest BCUT2D eigenvalue weighted by atomic mass is 9.95. The summed E-state index contributed by atoms with van der Waals surface area (Å²) in [6, 6.07) is 9.63. The molecule has 1 atom stereocenters. The smallest absolute Gasteiger partial charge is 0.338 e. The Bertz CT molecular complexity index is 1540. The summed E-state index contributed by atoms with van der Waals surface area (Å²) >= 11 is 8.03. The minimum atomic E-state index is -0.793. The molecule has 0 bridgehead atoms. The van der Waals surface area contributed by atoms with Crippen LogP contribution in [0.15, 0.2) is 66.4 Å². The van der Waals surface area contributed by atoms with Gasteiger partial charge in [0.2, 0.25) is 0 Å². The molecule has 0 saturated heterocycles. The maximum atomic E-state index is 13.7. The number of rotatable bonds is 5. The summed E-state index contributed by atoms with van der Waals surface area (Å²) < 4.78 is 14.4. The first-order chi connectivity index (χ1) is 16.6. The fourth-order valence-corrected chi connectivity index (χ4v) is 5.66. The van der Waals surface area contributed by atoms with E-state index < -0.39 is 12.0 Å². The van der Waals surface area contributed by atoms with Crippen LogP contribution >= 0.6 is 43.2 Å². The molecule has 0 unspecified atom stereocenters. The van der Waals surface area contributed by atoms with E-state index in [-0.39, 0.29) is 23.0 Å². The highest BCUT2D eigenvalue weighted by Gasteiger charge is 2.35. The first kappa shape index (κ1) is 25.4. The molecule has 0 amide bonds. The Morgan fingerprint density at radius 1 is 1.23 bits per heavy atom. The number of methoxy groups -OCH3 is 1. The van der Waals surface area contributed by atoms with E-state index in [1.807, 2.05) is 12.1 Å². The molecule has 2 aromatic carbocycles. The normalized spacial score (nSPS) is 15.7. The van der Waals surface area contributed by atoms with Gasteiger partial charge in [-0.25, -0.2) is 9.79 Å². The highest BCUT2D eigenvalue weighted by Crippen LogP contribution is 2.37. The molecule has 182 valence electrons. The number of carbonyl (C=O) groups excluding carboxylic acids is 1. The van der Waals surface area contributed by atoms with E-state index >= 15 is 0 Å². The van der Waals surface area contributed by atoms with Crippen molar-refractivity contribution < 1.29 is 19.4 Å². The summed E-state index contributed by atoms with van der Waals surface area (Å²) in [6.07, 6.45) is 1.39. The van der Waals surface area contributed by atoms with Crippen LogP contribution in [0.5, 0.6) is 11.5 Å². The third-order valence-electron chi connectivity index (χ3n) is 5.34. The fourth-order valence-electron chi connectivity index (χ4n) is 3.84. The zero-order valence-electron chi connectivity index (χ0n) is 19.3. The molecule has 1 aromatic heterocycles. The lowest BCUT2D eigenvalue weighted by Gasteiger charge is -2.26. The minimum Gasteiger partial charge on any atom is -0.507 e. The lowest BCUT2D eigenvalue weighted by molar-refractivity contribution is -0.143. The fraction of sp³-hybridized carbons (Fsp3) is 0.240. The summed E-state index contributed by atoms with van der Waals surface area (Å²) in [4.78, 5) is 32.0. The van der Waals surface area contributed by atoms with Crippen molar-refractivity contribution in [1.82, 2.24) is 4.57 Å². The highest BCUT2D eigenvalue weighted by atomic mass is 79.9. The number of phenols is 1. The molecule has 0 fully saturated rings. The molecule has 4 rings (SSSR count). The number of halogens is 2. The molecule has 0 spiro atoms. The van der Waals surface area contributed by atoms with Crippen molar-refractivity contribution in [3.63, 3.8) is 0 Å². The van der Waals surface area contributed by atoms with Crippen LogP contribution in [0.3, 0.4) is 0 Å². The van der Waals surface area contributed by atoms with Crippen LogP contribution in [0.25, 0.3) is 6.08 Å². The van der Waals surface area contributed by atoms with Gasteiger partial charge in [-0.15, -0.1) is 0 Å². The van der Waals surface area contributed by atoms with Crippen LogP contribution in [0.1, 0.15) is 37.9 Å². The average Bonchev–Trinajstić information content (AvgIpc) is 3.09. The maximum absolute atomic E-state index is 13.7. The van der Waals surface area contributed by atoms with Crippen molar-refractivity contribution in [2.24, 2.45) is 4.99 Å². The SMILES string of the molecule is COc1ccc(Br)cc1[C@@H]1C(C(=O)OC(C)C)=C(C)N=c2s/c(=C\c3ccc(O)c(Br)c3)c(=O)n21. The molecule has 7 nitrogen and oxygen atoms in total. The van der Waals surface area contributed by atoms with Gasteiger partial charge in [0.05, 0.1) is 33.5 Å². The number of fused-ring (bicyclic) bond motifs is 1. The second-order valence-electron chi connectivity index (χ2n) is 8.13. The molecule has 10 heteroatoms. The van der Waals surface area contributed by atoms with E-state index in [0.717, 1.165) is 10.0 Å². The molecule has 0 saturated carbocycles. The van der Waals surface area contributed by atoms with Crippen molar-refractivity contribution >= 4 is 55.2 Å². The number of hydrogen-bond acceptors (Lipinski definition) is 7. The number of aromatic hydroxyl groups is 1. The first-order valence-corrected chi connectivity index (χ1v) is 13.1. The quantitative estimate of drug-likeness (QED) is 0.426. The molecule has 1 aliphatic rings. The van der Waals surface area contributed by atoms with E-state index in [2.05, 4.69) is 36.9 Å².